The minimum Gasteiger partial charge on any atom is -0.478 e. The molecule has 0 aliphatic heterocycles. The Balaban J connectivity index is 2.31. The van der Waals surface area contributed by atoms with Crippen molar-refractivity contribution in [1.29, 1.82) is 0 Å². The minimum atomic E-state index is -0.950. The first-order valence-electron chi connectivity index (χ1n) is 4.50. The Hall–Kier alpha value is -1.82. The lowest BCUT2D eigenvalue weighted by Crippen LogP contribution is -1.98. The zero-order valence-electron chi connectivity index (χ0n) is 8.49. The van der Waals surface area contributed by atoms with Gasteiger partial charge in [-0.3, -0.25) is 9.67 Å². The summed E-state index contributed by atoms with van der Waals surface area (Å²) in [5, 5.41) is 13.0. The molecular formula is C10H9N3O2S. The fourth-order valence-electron chi connectivity index (χ4n) is 1.22. The van der Waals surface area contributed by atoms with Crippen LogP contribution in [-0.4, -0.2) is 25.8 Å². The van der Waals surface area contributed by atoms with Crippen LogP contribution in [0.5, 0.6) is 0 Å². The molecule has 0 saturated carbocycles. The van der Waals surface area contributed by atoms with Crippen LogP contribution in [0.4, 0.5) is 0 Å². The van der Waals surface area contributed by atoms with Crippen molar-refractivity contribution in [3.8, 4) is 0 Å². The Kier molecular flexibility index (Phi) is 2.91. The molecule has 1 N–H and O–H groups in total. The lowest BCUT2D eigenvalue weighted by molar-refractivity contribution is 0.0693. The van der Waals surface area contributed by atoms with Crippen molar-refractivity contribution in [2.24, 2.45) is 7.05 Å². The van der Waals surface area contributed by atoms with Crippen molar-refractivity contribution in [2.75, 3.05) is 0 Å². The average molecular weight is 235 g/mol. The molecule has 0 bridgehead atoms. The molecule has 0 fully saturated rings. The summed E-state index contributed by atoms with van der Waals surface area (Å²) in [6.07, 6.45) is 6.52. The molecule has 6 heteroatoms. The van der Waals surface area contributed by atoms with Crippen molar-refractivity contribution in [3.63, 3.8) is 0 Å². The molecule has 2 aromatic rings. The Labute approximate surface area is 96.1 Å². The summed E-state index contributed by atoms with van der Waals surface area (Å²) in [6.45, 7) is 0. The molecule has 0 saturated heterocycles. The lowest BCUT2D eigenvalue weighted by atomic mass is 10.3. The SMILES string of the molecule is Cn1cc(Sc2cnccc2C(=O)O)cn1. The number of nitrogens with zero attached hydrogens (tertiary/aromatic N) is 3. The van der Waals surface area contributed by atoms with Gasteiger partial charge in [-0.2, -0.15) is 5.10 Å². The zero-order chi connectivity index (χ0) is 11.5. The molecule has 0 aliphatic carbocycles. The van der Waals surface area contributed by atoms with E-state index in [4.69, 9.17) is 5.11 Å². The summed E-state index contributed by atoms with van der Waals surface area (Å²) in [6, 6.07) is 1.49. The summed E-state index contributed by atoms with van der Waals surface area (Å²) < 4.78 is 1.67. The number of aromatic nitrogens is 3. The second-order valence-electron chi connectivity index (χ2n) is 3.13. The van der Waals surface area contributed by atoms with Gasteiger partial charge in [0, 0.05) is 30.5 Å². The number of pyridine rings is 1. The van der Waals surface area contributed by atoms with E-state index in [0.717, 1.165) is 4.90 Å². The maximum absolute atomic E-state index is 11.0. The summed E-state index contributed by atoms with van der Waals surface area (Å²) in [4.78, 5) is 16.4. The highest BCUT2D eigenvalue weighted by atomic mass is 32.2. The zero-order valence-corrected chi connectivity index (χ0v) is 9.31. The van der Waals surface area contributed by atoms with Crippen LogP contribution in [0, 0.1) is 0 Å². The Morgan fingerprint density at radius 3 is 2.94 bits per heavy atom. The summed E-state index contributed by atoms with van der Waals surface area (Å²) in [5.41, 5.74) is 0.254. The van der Waals surface area contributed by atoms with Gasteiger partial charge in [0.05, 0.1) is 16.7 Å². The van der Waals surface area contributed by atoms with Gasteiger partial charge in [0.15, 0.2) is 0 Å². The first kappa shape index (κ1) is 10.7. The average Bonchev–Trinajstić information content (AvgIpc) is 2.64. The highest BCUT2D eigenvalue weighted by molar-refractivity contribution is 7.99. The van der Waals surface area contributed by atoms with E-state index in [0.29, 0.717) is 4.90 Å². The van der Waals surface area contributed by atoms with Crippen LogP contribution in [0.2, 0.25) is 0 Å². The number of hydrogen-bond donors (Lipinski definition) is 1. The summed E-state index contributed by atoms with van der Waals surface area (Å²) in [7, 11) is 1.81. The van der Waals surface area contributed by atoms with Crippen LogP contribution in [0.25, 0.3) is 0 Å². The fourth-order valence-corrected chi connectivity index (χ4v) is 2.15. The second kappa shape index (κ2) is 4.36. The van der Waals surface area contributed by atoms with Gasteiger partial charge in [0.2, 0.25) is 0 Å². The van der Waals surface area contributed by atoms with Crippen LogP contribution in [0.1, 0.15) is 10.4 Å². The van der Waals surface area contributed by atoms with E-state index in [-0.39, 0.29) is 5.56 Å². The van der Waals surface area contributed by atoms with Gasteiger partial charge in [-0.15, -0.1) is 0 Å². The van der Waals surface area contributed by atoms with Gasteiger partial charge < -0.3 is 5.11 Å². The Morgan fingerprint density at radius 2 is 2.31 bits per heavy atom. The van der Waals surface area contributed by atoms with Crippen molar-refractivity contribution in [3.05, 3.63) is 36.4 Å². The van der Waals surface area contributed by atoms with Crippen LogP contribution in [0.15, 0.2) is 40.6 Å². The van der Waals surface area contributed by atoms with Crippen molar-refractivity contribution in [1.82, 2.24) is 14.8 Å². The van der Waals surface area contributed by atoms with Gasteiger partial charge in [0.25, 0.3) is 0 Å². The minimum absolute atomic E-state index is 0.254. The molecule has 2 heterocycles. The normalized spacial score (nSPS) is 10.3. The van der Waals surface area contributed by atoms with Crippen molar-refractivity contribution >= 4 is 17.7 Å². The fraction of sp³-hybridized carbons (Fsp3) is 0.100. The summed E-state index contributed by atoms with van der Waals surface area (Å²) >= 11 is 1.34. The topological polar surface area (TPSA) is 68.0 Å². The first-order chi connectivity index (χ1) is 7.66. The number of aryl methyl sites for hydroxylation is 1. The maximum atomic E-state index is 11.0. The van der Waals surface area contributed by atoms with Crippen LogP contribution in [0.3, 0.4) is 0 Å². The van der Waals surface area contributed by atoms with E-state index in [1.54, 1.807) is 17.1 Å². The first-order valence-corrected chi connectivity index (χ1v) is 5.32. The Morgan fingerprint density at radius 1 is 1.50 bits per heavy atom. The summed E-state index contributed by atoms with van der Waals surface area (Å²) in [5.74, 6) is -0.950. The Bertz CT molecular complexity index is 524. The molecule has 2 aromatic heterocycles. The van der Waals surface area contributed by atoms with Gasteiger partial charge in [-0.25, -0.2) is 4.79 Å². The van der Waals surface area contributed by atoms with E-state index >= 15 is 0 Å². The standard InChI is InChI=1S/C10H9N3O2S/c1-13-6-7(4-12-13)16-9-5-11-3-2-8(9)10(14)15/h2-6H,1H3,(H,14,15). The number of carboxylic acid groups (broad SMARTS) is 1. The molecule has 5 nitrogen and oxygen atoms in total. The molecule has 0 atom stereocenters. The molecule has 0 unspecified atom stereocenters. The van der Waals surface area contributed by atoms with Gasteiger partial charge in [-0.05, 0) is 6.07 Å². The van der Waals surface area contributed by atoms with E-state index in [1.807, 2.05) is 13.2 Å². The van der Waals surface area contributed by atoms with Crippen molar-refractivity contribution < 1.29 is 9.90 Å². The largest absolute Gasteiger partial charge is 0.478 e. The lowest BCUT2D eigenvalue weighted by Gasteiger charge is -2.02. The molecule has 0 radical (unpaired) electrons. The molecule has 16 heavy (non-hydrogen) atoms. The second-order valence-corrected chi connectivity index (χ2v) is 4.24. The van der Waals surface area contributed by atoms with Crippen LogP contribution < -0.4 is 0 Å². The highest BCUT2D eigenvalue weighted by Crippen LogP contribution is 2.29. The highest BCUT2D eigenvalue weighted by Gasteiger charge is 2.11. The van der Waals surface area contributed by atoms with Gasteiger partial charge in [-0.1, -0.05) is 11.8 Å². The molecular weight excluding hydrogens is 226 g/mol. The molecule has 2 rings (SSSR count). The number of carboxylic acids is 1. The molecule has 0 spiro atoms. The monoisotopic (exact) mass is 235 g/mol. The quantitative estimate of drug-likeness (QED) is 0.876. The van der Waals surface area contributed by atoms with Gasteiger partial charge in [0.1, 0.15) is 0 Å². The number of hydrogen-bond acceptors (Lipinski definition) is 4. The third-order valence-electron chi connectivity index (χ3n) is 1.92. The number of carbonyl (C=O) groups is 1. The van der Waals surface area contributed by atoms with E-state index in [1.165, 1.54) is 24.0 Å². The molecule has 82 valence electrons. The predicted octanol–water partition coefficient (Wildman–Crippen LogP) is 1.66. The van der Waals surface area contributed by atoms with Gasteiger partial charge >= 0.3 is 5.97 Å². The van der Waals surface area contributed by atoms with E-state index < -0.39 is 5.97 Å². The van der Waals surface area contributed by atoms with E-state index in [9.17, 15) is 4.79 Å². The number of rotatable bonds is 3. The molecule has 0 amide bonds. The van der Waals surface area contributed by atoms with Crippen LogP contribution in [-0.2, 0) is 7.05 Å². The molecule has 0 aromatic carbocycles. The third-order valence-corrected chi connectivity index (χ3v) is 2.92. The van der Waals surface area contributed by atoms with Crippen molar-refractivity contribution in [2.45, 2.75) is 9.79 Å². The number of aromatic carboxylic acids is 1. The van der Waals surface area contributed by atoms with Crippen LogP contribution >= 0.6 is 11.8 Å². The maximum Gasteiger partial charge on any atom is 0.336 e. The van der Waals surface area contributed by atoms with E-state index in [2.05, 4.69) is 10.1 Å². The third kappa shape index (κ3) is 2.22. The predicted molar refractivity (Wildman–Crippen MR) is 58.5 cm³/mol. The molecule has 0 aliphatic rings. The smallest absolute Gasteiger partial charge is 0.336 e.